The molecule has 0 amide bonds. The molecule has 42 heavy (non-hydrogen) atoms. The maximum atomic E-state index is 6.87. The van der Waals surface area contributed by atoms with Crippen LogP contribution in [0.15, 0.2) is 100 Å². The van der Waals surface area contributed by atoms with Crippen LogP contribution in [-0.2, 0) is 35.5 Å². The molecule has 0 fully saturated rings. The van der Waals surface area contributed by atoms with Gasteiger partial charge in [-0.15, -0.1) is 0 Å². The van der Waals surface area contributed by atoms with Crippen molar-refractivity contribution in [2.75, 3.05) is 0 Å². The Bertz CT molecular complexity index is 1850. The van der Waals surface area contributed by atoms with Crippen LogP contribution in [-0.4, -0.2) is 4.21 Å². The zero-order valence-corrected chi connectivity index (χ0v) is 29.5. The molecule has 214 valence electrons. The molecule has 0 radical (unpaired) electrons. The molecule has 0 spiro atoms. The molecule has 0 aliphatic heterocycles. The molecule has 2 heteroatoms. The van der Waals surface area contributed by atoms with Crippen molar-refractivity contribution in [2.45, 2.75) is 72.1 Å². The average molecular weight is 650 g/mol. The minimum absolute atomic E-state index is 0.0711. The Kier molecular flexibility index (Phi) is 7.00. The first-order valence-electron chi connectivity index (χ1n) is 15.3. The summed E-state index contributed by atoms with van der Waals surface area (Å²) in [7, 11) is 0. The molecule has 0 nitrogen and oxygen atoms in total. The van der Waals surface area contributed by atoms with E-state index in [0.29, 0.717) is 0 Å². The fourth-order valence-corrected chi connectivity index (χ4v) is 24.7. The van der Waals surface area contributed by atoms with Gasteiger partial charge in [-0.05, 0) is 0 Å². The van der Waals surface area contributed by atoms with Gasteiger partial charge in [0, 0.05) is 0 Å². The van der Waals surface area contributed by atoms with E-state index in [0.717, 1.165) is 17.9 Å². The maximum absolute atomic E-state index is 6.87. The Hall–Kier alpha value is -2.60. The van der Waals surface area contributed by atoms with Gasteiger partial charge in [0.1, 0.15) is 0 Å². The van der Waals surface area contributed by atoms with Crippen molar-refractivity contribution in [3.63, 3.8) is 0 Å². The Morgan fingerprint density at radius 3 is 2.10 bits per heavy atom. The van der Waals surface area contributed by atoms with Gasteiger partial charge < -0.3 is 0 Å². The number of fused-ring (bicyclic) bond motifs is 3. The average Bonchev–Trinajstić information content (AvgIpc) is 3.60. The van der Waals surface area contributed by atoms with Crippen LogP contribution in [0.5, 0.6) is 0 Å². The summed E-state index contributed by atoms with van der Waals surface area (Å²) in [5.74, 6) is 0. The van der Waals surface area contributed by atoms with Gasteiger partial charge in [-0.1, -0.05) is 0 Å². The van der Waals surface area contributed by atoms with Gasteiger partial charge >= 0.3 is 260 Å². The van der Waals surface area contributed by atoms with Crippen LogP contribution in [0.4, 0.5) is 0 Å². The van der Waals surface area contributed by atoms with E-state index < -0.39 is 18.3 Å². The molecule has 4 aromatic rings. The molecule has 0 saturated heterocycles. The molecule has 0 heterocycles. The van der Waals surface area contributed by atoms with E-state index >= 15 is 0 Å². The molecule has 0 N–H and O–H groups in total. The molecule has 2 aliphatic carbocycles. The summed E-state index contributed by atoms with van der Waals surface area (Å²) >= 11 is 1.99. The van der Waals surface area contributed by atoms with Gasteiger partial charge in [0.05, 0.1) is 0 Å². The molecule has 4 aromatic carbocycles. The minimum atomic E-state index is -4.88. The van der Waals surface area contributed by atoms with Crippen molar-refractivity contribution in [3.8, 4) is 11.1 Å². The quantitative estimate of drug-likeness (QED) is 0.182. The topological polar surface area (TPSA) is 0 Å². The molecular formula is C40H43ClZr. The number of rotatable bonds is 4. The normalized spacial score (nSPS) is 15.0. The van der Waals surface area contributed by atoms with Crippen molar-refractivity contribution in [1.82, 2.24) is 0 Å². The van der Waals surface area contributed by atoms with Gasteiger partial charge in [-0.25, -0.2) is 0 Å². The van der Waals surface area contributed by atoms with E-state index in [4.69, 9.17) is 15.8 Å². The second-order valence-electron chi connectivity index (χ2n) is 14.7. The standard InChI is InChI=1S/C21H25.C7H7.C6H4Cl.C5H5.CH2.Zr/c1-20(2,3)16-7-9-18-14(12-16)11-15-13-17(21(4,5)6)8-10-19(15)18;1-7-5-3-2-4-6-7;7-6-4-2-1-3-5-6;1-2-4-5-3-1;;/h7-10,12H,11H2,1-6H3;3-6H,1H3;1-2,4-5H;1-3H,4H2;1H2;. The molecular weight excluding hydrogens is 607 g/mol. The van der Waals surface area contributed by atoms with Crippen molar-refractivity contribution in [3.05, 3.63) is 133 Å². The zero-order valence-electron chi connectivity index (χ0n) is 26.2. The summed E-state index contributed by atoms with van der Waals surface area (Å²) in [4.78, 5) is 0. The van der Waals surface area contributed by atoms with Crippen LogP contribution in [0.25, 0.3) is 11.1 Å². The van der Waals surface area contributed by atoms with Crippen molar-refractivity contribution < 1.29 is 18.3 Å². The predicted octanol–water partition coefficient (Wildman–Crippen LogP) is 9.06. The van der Waals surface area contributed by atoms with Crippen molar-refractivity contribution in [1.29, 1.82) is 0 Å². The van der Waals surface area contributed by atoms with Crippen molar-refractivity contribution in [2.24, 2.45) is 0 Å². The second kappa shape index (κ2) is 9.97. The summed E-state index contributed by atoms with van der Waals surface area (Å²) in [5.41, 5.74) is 9.75. The van der Waals surface area contributed by atoms with Gasteiger partial charge in [-0.2, -0.15) is 0 Å². The van der Waals surface area contributed by atoms with E-state index in [-0.39, 0.29) is 10.8 Å². The van der Waals surface area contributed by atoms with Crippen LogP contribution < -0.4 is 9.81 Å². The Labute approximate surface area is 258 Å². The number of aryl methyl sites for hydroxylation is 1. The van der Waals surface area contributed by atoms with E-state index in [1.54, 1.807) is 0 Å². The number of hydrogen-bond acceptors (Lipinski definition) is 0. The molecule has 6 rings (SSSR count). The Morgan fingerprint density at radius 2 is 1.48 bits per heavy atom. The summed E-state index contributed by atoms with van der Waals surface area (Å²) in [6.45, 7) is 16.2. The summed E-state index contributed by atoms with van der Waals surface area (Å²) in [6.07, 6.45) is 8.81. The summed E-state index contributed by atoms with van der Waals surface area (Å²) < 4.78 is 11.4. The molecule has 0 unspecified atom stereocenters. The second-order valence-corrected chi connectivity index (χ2v) is 28.0. The molecule has 2 aliphatic rings. The molecule has 0 saturated carbocycles. The third kappa shape index (κ3) is 4.38. The first-order valence-corrected chi connectivity index (χ1v) is 22.3. The predicted molar refractivity (Wildman–Crippen MR) is 183 cm³/mol. The van der Waals surface area contributed by atoms with Gasteiger partial charge in [0.15, 0.2) is 0 Å². The van der Waals surface area contributed by atoms with Crippen LogP contribution in [0.1, 0.15) is 75.8 Å². The fraction of sp³-hybridized carbons (Fsp3) is 0.275. The molecule has 0 atom stereocenters. The van der Waals surface area contributed by atoms with Gasteiger partial charge in [0.25, 0.3) is 0 Å². The zero-order chi connectivity index (χ0) is 30.1. The van der Waals surface area contributed by atoms with Crippen LogP contribution in [0.3, 0.4) is 0 Å². The number of halogens is 1. The summed E-state index contributed by atoms with van der Waals surface area (Å²) in [5, 5.41) is 0.776. The first-order chi connectivity index (χ1) is 19.7. The van der Waals surface area contributed by atoms with Crippen LogP contribution in [0.2, 0.25) is 5.02 Å². The third-order valence-electron chi connectivity index (χ3n) is 9.93. The Morgan fingerprint density at radius 1 is 0.762 bits per heavy atom. The third-order valence-corrected chi connectivity index (χ3v) is 26.5. The van der Waals surface area contributed by atoms with Crippen molar-refractivity contribution >= 4 is 25.6 Å². The number of hydrogen-bond donors (Lipinski definition) is 0. The van der Waals surface area contributed by atoms with Crippen LogP contribution in [0, 0.1) is 6.92 Å². The Balaban J connectivity index is 1.82. The van der Waals surface area contributed by atoms with E-state index in [9.17, 15) is 0 Å². The van der Waals surface area contributed by atoms with E-state index in [1.165, 1.54) is 52.0 Å². The van der Waals surface area contributed by atoms with Crippen LogP contribution >= 0.6 is 11.6 Å². The molecule has 0 aromatic heterocycles. The fourth-order valence-electron chi connectivity index (χ4n) is 7.59. The SMILES string of the molecule is [CH2]=[Zr]([C]1=CC=CC1)([c]1ccc(C)cc1)([c]1cccc(Cl)c1)[c]1c(C(C)(C)C)ccc2c1Cc1cc(C(C)(C)C)ccc1-2. The first kappa shape index (κ1) is 29.5. The summed E-state index contributed by atoms with van der Waals surface area (Å²) in [6, 6.07) is 30.1. The number of benzene rings is 4. The van der Waals surface area contributed by atoms with E-state index in [2.05, 4.69) is 139 Å². The van der Waals surface area contributed by atoms with Gasteiger partial charge in [0.2, 0.25) is 0 Å². The monoisotopic (exact) mass is 648 g/mol. The number of allylic oxidation sites excluding steroid dienone is 4. The van der Waals surface area contributed by atoms with E-state index in [1.807, 2.05) is 6.07 Å². The van der Waals surface area contributed by atoms with Gasteiger partial charge in [-0.3, -0.25) is 0 Å². The molecule has 0 bridgehead atoms.